The van der Waals surface area contributed by atoms with Gasteiger partial charge in [-0.3, -0.25) is 4.79 Å². The van der Waals surface area contributed by atoms with Crippen LogP contribution in [-0.4, -0.2) is 29.1 Å². The minimum absolute atomic E-state index is 0.0595. The molecular weight excluding hydrogens is 306 g/mol. The molecule has 0 bridgehead atoms. The van der Waals surface area contributed by atoms with Crippen molar-refractivity contribution in [1.29, 1.82) is 0 Å². The molecule has 1 aromatic heterocycles. The second kappa shape index (κ2) is 7.59. The van der Waals surface area contributed by atoms with Gasteiger partial charge in [-0.1, -0.05) is 41.9 Å². The lowest BCUT2D eigenvalue weighted by Crippen LogP contribution is -2.35. The zero-order valence-corrected chi connectivity index (χ0v) is 13.4. The SMILES string of the molecule is CCN(Cc1ccc(Cl)s1)C(=O)C(CO)c1ccccc1. The molecule has 1 unspecified atom stereocenters. The fourth-order valence-corrected chi connectivity index (χ4v) is 3.31. The third kappa shape index (κ3) is 4.06. The molecule has 1 amide bonds. The Morgan fingerprint density at radius 2 is 2.00 bits per heavy atom. The van der Waals surface area contributed by atoms with Crippen molar-refractivity contribution >= 4 is 28.8 Å². The van der Waals surface area contributed by atoms with E-state index in [2.05, 4.69) is 0 Å². The number of hydrogen-bond acceptors (Lipinski definition) is 3. The van der Waals surface area contributed by atoms with E-state index < -0.39 is 5.92 Å². The van der Waals surface area contributed by atoms with Crippen LogP contribution in [0.5, 0.6) is 0 Å². The summed E-state index contributed by atoms with van der Waals surface area (Å²) in [6, 6.07) is 13.2. The average Bonchev–Trinajstić information content (AvgIpc) is 2.92. The first-order valence-corrected chi connectivity index (χ1v) is 8.04. The summed E-state index contributed by atoms with van der Waals surface area (Å²) in [7, 11) is 0. The van der Waals surface area contributed by atoms with Gasteiger partial charge in [0.2, 0.25) is 5.91 Å². The first-order valence-electron chi connectivity index (χ1n) is 6.84. The fourth-order valence-electron chi connectivity index (χ4n) is 2.20. The van der Waals surface area contributed by atoms with Gasteiger partial charge in [0, 0.05) is 11.4 Å². The zero-order valence-electron chi connectivity index (χ0n) is 11.8. The highest BCUT2D eigenvalue weighted by molar-refractivity contribution is 7.16. The topological polar surface area (TPSA) is 40.5 Å². The molecule has 1 atom stereocenters. The van der Waals surface area contributed by atoms with Crippen LogP contribution in [-0.2, 0) is 11.3 Å². The summed E-state index contributed by atoms with van der Waals surface area (Å²) in [6.45, 7) is 2.87. The Kier molecular flexibility index (Phi) is 5.79. The first kappa shape index (κ1) is 16.0. The molecule has 1 aromatic carbocycles. The van der Waals surface area contributed by atoms with Crippen LogP contribution in [0.25, 0.3) is 0 Å². The predicted molar refractivity (Wildman–Crippen MR) is 86.7 cm³/mol. The number of aliphatic hydroxyl groups excluding tert-OH is 1. The van der Waals surface area contributed by atoms with Gasteiger partial charge in [-0.05, 0) is 24.6 Å². The molecule has 0 saturated carbocycles. The summed E-state index contributed by atoms with van der Waals surface area (Å²) in [5, 5.41) is 9.60. The van der Waals surface area contributed by atoms with Crippen molar-refractivity contribution < 1.29 is 9.90 Å². The molecule has 0 aliphatic carbocycles. The molecule has 0 saturated heterocycles. The molecule has 5 heteroatoms. The van der Waals surface area contributed by atoms with Crippen LogP contribution < -0.4 is 0 Å². The molecule has 0 spiro atoms. The number of likely N-dealkylation sites (N-methyl/N-ethyl adjacent to an activating group) is 1. The predicted octanol–water partition coefficient (Wildman–Crippen LogP) is 3.53. The van der Waals surface area contributed by atoms with E-state index in [1.807, 2.05) is 49.4 Å². The Labute approximate surface area is 133 Å². The van der Waals surface area contributed by atoms with Crippen molar-refractivity contribution in [3.05, 3.63) is 57.2 Å². The highest BCUT2D eigenvalue weighted by Crippen LogP contribution is 2.24. The molecule has 2 rings (SSSR count). The van der Waals surface area contributed by atoms with Gasteiger partial charge < -0.3 is 10.0 Å². The highest BCUT2D eigenvalue weighted by Gasteiger charge is 2.24. The summed E-state index contributed by atoms with van der Waals surface area (Å²) < 4.78 is 0.718. The summed E-state index contributed by atoms with van der Waals surface area (Å²) >= 11 is 7.40. The molecule has 21 heavy (non-hydrogen) atoms. The van der Waals surface area contributed by atoms with Crippen LogP contribution >= 0.6 is 22.9 Å². The van der Waals surface area contributed by atoms with Crippen LogP contribution in [0.15, 0.2) is 42.5 Å². The van der Waals surface area contributed by atoms with Crippen LogP contribution in [0.4, 0.5) is 0 Å². The number of carbonyl (C=O) groups excluding carboxylic acids is 1. The third-order valence-corrected chi connectivity index (χ3v) is 4.57. The summed E-state index contributed by atoms with van der Waals surface area (Å²) in [5.74, 6) is -0.572. The van der Waals surface area contributed by atoms with Crippen molar-refractivity contribution in [2.75, 3.05) is 13.2 Å². The van der Waals surface area contributed by atoms with Crippen molar-refractivity contribution in [3.63, 3.8) is 0 Å². The number of aliphatic hydroxyl groups is 1. The molecule has 3 nitrogen and oxygen atoms in total. The number of nitrogens with zero attached hydrogens (tertiary/aromatic N) is 1. The van der Waals surface area contributed by atoms with Crippen molar-refractivity contribution in [2.24, 2.45) is 0 Å². The maximum atomic E-state index is 12.7. The van der Waals surface area contributed by atoms with E-state index in [-0.39, 0.29) is 12.5 Å². The maximum absolute atomic E-state index is 12.7. The largest absolute Gasteiger partial charge is 0.395 e. The molecule has 112 valence electrons. The lowest BCUT2D eigenvalue weighted by atomic mass is 9.98. The summed E-state index contributed by atoms with van der Waals surface area (Å²) in [4.78, 5) is 15.4. The average molecular weight is 324 g/mol. The number of carbonyl (C=O) groups is 1. The van der Waals surface area contributed by atoms with Gasteiger partial charge in [-0.2, -0.15) is 0 Å². The Morgan fingerprint density at radius 3 is 2.52 bits per heavy atom. The number of halogens is 1. The van der Waals surface area contributed by atoms with Gasteiger partial charge >= 0.3 is 0 Å². The Morgan fingerprint density at radius 1 is 1.29 bits per heavy atom. The summed E-state index contributed by atoms with van der Waals surface area (Å²) in [5.41, 5.74) is 0.840. The smallest absolute Gasteiger partial charge is 0.232 e. The molecule has 0 fully saturated rings. The molecule has 1 heterocycles. The van der Waals surface area contributed by atoms with E-state index in [0.717, 1.165) is 14.8 Å². The van der Waals surface area contributed by atoms with E-state index in [1.54, 1.807) is 4.90 Å². The van der Waals surface area contributed by atoms with Crippen molar-refractivity contribution in [3.8, 4) is 0 Å². The first-order chi connectivity index (χ1) is 10.2. The molecule has 0 aliphatic rings. The normalized spacial score (nSPS) is 12.1. The quantitative estimate of drug-likeness (QED) is 0.883. The highest BCUT2D eigenvalue weighted by atomic mass is 35.5. The van der Waals surface area contributed by atoms with Gasteiger partial charge in [0.05, 0.1) is 23.4 Å². The van der Waals surface area contributed by atoms with Crippen molar-refractivity contribution in [2.45, 2.75) is 19.4 Å². The zero-order chi connectivity index (χ0) is 15.2. The van der Waals surface area contributed by atoms with E-state index in [0.29, 0.717) is 13.1 Å². The molecule has 1 N–H and O–H groups in total. The number of amides is 1. The number of thiophene rings is 1. The third-order valence-electron chi connectivity index (χ3n) is 3.35. The van der Waals surface area contributed by atoms with E-state index >= 15 is 0 Å². The molecular formula is C16H18ClNO2S. The number of benzene rings is 1. The standard InChI is InChI=1S/C16H18ClNO2S/c1-2-18(10-13-8-9-15(17)21-13)16(20)14(11-19)12-6-4-3-5-7-12/h3-9,14,19H,2,10-11H2,1H3. The van der Waals surface area contributed by atoms with Crippen LogP contribution in [0.2, 0.25) is 4.34 Å². The van der Waals surface area contributed by atoms with Gasteiger partial charge in [-0.15, -0.1) is 11.3 Å². The minimum atomic E-state index is -0.512. The second-order valence-electron chi connectivity index (χ2n) is 4.70. The van der Waals surface area contributed by atoms with Gasteiger partial charge in [0.1, 0.15) is 0 Å². The van der Waals surface area contributed by atoms with Crippen LogP contribution in [0, 0.1) is 0 Å². The van der Waals surface area contributed by atoms with Gasteiger partial charge in [0.15, 0.2) is 0 Å². The summed E-state index contributed by atoms with van der Waals surface area (Å²) in [6.07, 6.45) is 0. The fraction of sp³-hybridized carbons (Fsp3) is 0.312. The second-order valence-corrected chi connectivity index (χ2v) is 6.50. The van der Waals surface area contributed by atoms with E-state index in [9.17, 15) is 9.90 Å². The minimum Gasteiger partial charge on any atom is -0.395 e. The van der Waals surface area contributed by atoms with Crippen LogP contribution in [0.1, 0.15) is 23.3 Å². The number of rotatable bonds is 6. The van der Waals surface area contributed by atoms with E-state index in [1.165, 1.54) is 11.3 Å². The monoisotopic (exact) mass is 323 g/mol. The van der Waals surface area contributed by atoms with Crippen LogP contribution in [0.3, 0.4) is 0 Å². The van der Waals surface area contributed by atoms with Crippen molar-refractivity contribution in [1.82, 2.24) is 4.90 Å². The van der Waals surface area contributed by atoms with Gasteiger partial charge in [-0.25, -0.2) is 0 Å². The maximum Gasteiger partial charge on any atom is 0.232 e. The molecule has 2 aromatic rings. The lowest BCUT2D eigenvalue weighted by Gasteiger charge is -2.25. The Bertz CT molecular complexity index is 585. The number of hydrogen-bond donors (Lipinski definition) is 1. The lowest BCUT2D eigenvalue weighted by molar-refractivity contribution is -0.134. The molecule has 0 aliphatic heterocycles. The Hall–Kier alpha value is -1.36. The van der Waals surface area contributed by atoms with E-state index in [4.69, 9.17) is 11.6 Å². The van der Waals surface area contributed by atoms with Gasteiger partial charge in [0.25, 0.3) is 0 Å². The molecule has 0 radical (unpaired) electrons. The Balaban J connectivity index is 2.14.